The summed E-state index contributed by atoms with van der Waals surface area (Å²) >= 11 is 0. The van der Waals surface area contributed by atoms with E-state index in [1.165, 1.54) is 0 Å². The van der Waals surface area contributed by atoms with Gasteiger partial charge < -0.3 is 20.1 Å². The van der Waals surface area contributed by atoms with Gasteiger partial charge >= 0.3 is 0 Å². The highest BCUT2D eigenvalue weighted by molar-refractivity contribution is 5.95. The lowest BCUT2D eigenvalue weighted by Crippen LogP contribution is -2.45. The molecule has 0 spiro atoms. The Balaban J connectivity index is 1.66. The van der Waals surface area contributed by atoms with Crippen LogP contribution in [0.25, 0.3) is 0 Å². The Labute approximate surface area is 118 Å². The molecule has 0 bridgehead atoms. The predicted octanol–water partition coefficient (Wildman–Crippen LogP) is 1.78. The molecular weight excluding hydrogens is 256 g/mol. The number of rotatable bonds is 2. The topological polar surface area (TPSA) is 59.6 Å². The van der Waals surface area contributed by atoms with Gasteiger partial charge in [-0.3, -0.25) is 4.79 Å². The van der Waals surface area contributed by atoms with Crippen LogP contribution in [0.15, 0.2) is 18.2 Å². The molecule has 3 rings (SSSR count). The molecule has 0 radical (unpaired) electrons. The molecule has 2 heterocycles. The minimum atomic E-state index is -0.105. The molecule has 1 aromatic carbocycles. The number of amides is 1. The van der Waals surface area contributed by atoms with Gasteiger partial charge in [0.1, 0.15) is 13.2 Å². The summed E-state index contributed by atoms with van der Waals surface area (Å²) in [4.78, 5) is 12.2. The van der Waals surface area contributed by atoms with Crippen LogP contribution in [0.1, 0.15) is 19.8 Å². The average Bonchev–Trinajstić information content (AvgIpc) is 2.47. The third-order valence-electron chi connectivity index (χ3n) is 3.79. The highest BCUT2D eigenvalue weighted by Crippen LogP contribution is 2.32. The highest BCUT2D eigenvalue weighted by Gasteiger charge is 2.24. The van der Waals surface area contributed by atoms with E-state index in [2.05, 4.69) is 17.6 Å². The maximum absolute atomic E-state index is 12.2. The first-order valence-corrected chi connectivity index (χ1v) is 7.16. The molecule has 5 heteroatoms. The van der Waals surface area contributed by atoms with E-state index in [9.17, 15) is 4.79 Å². The monoisotopic (exact) mass is 276 g/mol. The molecule has 2 N–H and O–H groups in total. The van der Waals surface area contributed by atoms with Crippen LogP contribution < -0.4 is 20.1 Å². The van der Waals surface area contributed by atoms with Crippen molar-refractivity contribution in [1.29, 1.82) is 0 Å². The first kappa shape index (κ1) is 13.2. The van der Waals surface area contributed by atoms with E-state index < -0.39 is 0 Å². The van der Waals surface area contributed by atoms with Crippen molar-refractivity contribution >= 4 is 11.6 Å². The van der Waals surface area contributed by atoms with Crippen molar-refractivity contribution in [3.05, 3.63) is 18.2 Å². The molecule has 0 saturated carbocycles. The number of ether oxygens (including phenoxy) is 2. The number of piperidine rings is 1. The van der Waals surface area contributed by atoms with Crippen molar-refractivity contribution < 1.29 is 14.3 Å². The molecule has 2 unspecified atom stereocenters. The molecule has 108 valence electrons. The lowest BCUT2D eigenvalue weighted by Gasteiger charge is -2.27. The Morgan fingerprint density at radius 3 is 2.90 bits per heavy atom. The standard InChI is InChI=1S/C15H20N2O3/c1-10-4-5-16-12(8-10)15(18)17-11-2-3-13-14(9-11)20-7-6-19-13/h2-3,9-10,12,16H,4-8H2,1H3,(H,17,18). The second-order valence-electron chi connectivity index (χ2n) is 5.48. The summed E-state index contributed by atoms with van der Waals surface area (Å²) in [5.41, 5.74) is 0.749. The Morgan fingerprint density at radius 2 is 2.10 bits per heavy atom. The molecule has 2 atom stereocenters. The summed E-state index contributed by atoms with van der Waals surface area (Å²) in [6, 6.07) is 5.39. The van der Waals surface area contributed by atoms with Crippen molar-refractivity contribution in [2.24, 2.45) is 5.92 Å². The van der Waals surface area contributed by atoms with E-state index in [1.54, 1.807) is 0 Å². The molecule has 5 nitrogen and oxygen atoms in total. The van der Waals surface area contributed by atoms with Crippen molar-refractivity contribution in [2.75, 3.05) is 25.1 Å². The smallest absolute Gasteiger partial charge is 0.241 e. The molecule has 1 aromatic rings. The van der Waals surface area contributed by atoms with Crippen molar-refractivity contribution in [2.45, 2.75) is 25.8 Å². The van der Waals surface area contributed by atoms with Gasteiger partial charge in [0.25, 0.3) is 0 Å². The van der Waals surface area contributed by atoms with Gasteiger partial charge in [-0.25, -0.2) is 0 Å². The Hall–Kier alpha value is -1.75. The highest BCUT2D eigenvalue weighted by atomic mass is 16.6. The summed E-state index contributed by atoms with van der Waals surface area (Å²) in [5, 5.41) is 6.21. The third-order valence-corrected chi connectivity index (χ3v) is 3.79. The number of hydrogen-bond acceptors (Lipinski definition) is 4. The summed E-state index contributed by atoms with van der Waals surface area (Å²) in [7, 11) is 0. The molecule has 20 heavy (non-hydrogen) atoms. The fourth-order valence-electron chi connectivity index (χ4n) is 2.66. The number of nitrogens with one attached hydrogen (secondary N) is 2. The lowest BCUT2D eigenvalue weighted by molar-refractivity contribution is -0.119. The largest absolute Gasteiger partial charge is 0.486 e. The maximum Gasteiger partial charge on any atom is 0.241 e. The number of anilines is 1. The summed E-state index contributed by atoms with van der Waals surface area (Å²) in [5.74, 6) is 2.04. The summed E-state index contributed by atoms with van der Waals surface area (Å²) < 4.78 is 11.0. The fraction of sp³-hybridized carbons (Fsp3) is 0.533. The average molecular weight is 276 g/mol. The van der Waals surface area contributed by atoms with Crippen LogP contribution in [0.4, 0.5) is 5.69 Å². The first-order chi connectivity index (χ1) is 9.72. The molecule has 1 amide bonds. The number of benzene rings is 1. The van der Waals surface area contributed by atoms with E-state index in [4.69, 9.17) is 9.47 Å². The second kappa shape index (κ2) is 5.71. The first-order valence-electron chi connectivity index (χ1n) is 7.16. The van der Waals surface area contributed by atoms with E-state index >= 15 is 0 Å². The van der Waals surface area contributed by atoms with E-state index in [-0.39, 0.29) is 11.9 Å². The van der Waals surface area contributed by atoms with Gasteiger partial charge in [-0.15, -0.1) is 0 Å². The number of carbonyl (C=O) groups is 1. The van der Waals surface area contributed by atoms with Gasteiger partial charge in [0.05, 0.1) is 6.04 Å². The number of fused-ring (bicyclic) bond motifs is 1. The van der Waals surface area contributed by atoms with Crippen LogP contribution in [0.3, 0.4) is 0 Å². The van der Waals surface area contributed by atoms with Crippen LogP contribution in [0, 0.1) is 5.92 Å². The summed E-state index contributed by atoms with van der Waals surface area (Å²) in [6.07, 6.45) is 2.02. The van der Waals surface area contributed by atoms with Crippen LogP contribution in [0.5, 0.6) is 11.5 Å². The van der Waals surface area contributed by atoms with Gasteiger partial charge in [0.2, 0.25) is 5.91 Å². The SMILES string of the molecule is CC1CCNC(C(=O)Nc2ccc3c(c2)OCCO3)C1. The predicted molar refractivity (Wildman–Crippen MR) is 76.3 cm³/mol. The van der Waals surface area contributed by atoms with Crippen molar-refractivity contribution in [1.82, 2.24) is 5.32 Å². The van der Waals surface area contributed by atoms with Crippen LogP contribution in [-0.4, -0.2) is 31.7 Å². The quantitative estimate of drug-likeness (QED) is 0.864. The Bertz CT molecular complexity index is 504. The van der Waals surface area contributed by atoms with Crippen LogP contribution in [-0.2, 0) is 4.79 Å². The van der Waals surface area contributed by atoms with Crippen molar-refractivity contribution in [3.63, 3.8) is 0 Å². The van der Waals surface area contributed by atoms with Crippen LogP contribution >= 0.6 is 0 Å². The Kier molecular flexibility index (Phi) is 3.78. The molecule has 2 aliphatic rings. The molecule has 1 saturated heterocycles. The van der Waals surface area contributed by atoms with Gasteiger partial charge in [-0.05, 0) is 37.4 Å². The van der Waals surface area contributed by atoms with Gasteiger partial charge in [-0.2, -0.15) is 0 Å². The van der Waals surface area contributed by atoms with Gasteiger partial charge in [0.15, 0.2) is 11.5 Å². The third kappa shape index (κ3) is 2.88. The zero-order chi connectivity index (χ0) is 13.9. The maximum atomic E-state index is 12.2. The molecule has 2 aliphatic heterocycles. The fourth-order valence-corrected chi connectivity index (χ4v) is 2.66. The number of carbonyl (C=O) groups excluding carboxylic acids is 1. The minimum Gasteiger partial charge on any atom is -0.486 e. The van der Waals surface area contributed by atoms with Gasteiger partial charge in [0, 0.05) is 11.8 Å². The Morgan fingerprint density at radius 1 is 1.30 bits per heavy atom. The van der Waals surface area contributed by atoms with Gasteiger partial charge in [-0.1, -0.05) is 6.92 Å². The number of hydrogen-bond donors (Lipinski definition) is 2. The summed E-state index contributed by atoms with van der Waals surface area (Å²) in [6.45, 7) is 4.21. The van der Waals surface area contributed by atoms with E-state index in [0.29, 0.717) is 24.9 Å². The zero-order valence-electron chi connectivity index (χ0n) is 11.6. The zero-order valence-corrected chi connectivity index (χ0v) is 11.6. The van der Waals surface area contributed by atoms with Crippen molar-refractivity contribution in [3.8, 4) is 11.5 Å². The molecule has 0 aromatic heterocycles. The second-order valence-corrected chi connectivity index (χ2v) is 5.48. The molecule has 0 aliphatic carbocycles. The van der Waals surface area contributed by atoms with E-state index in [1.807, 2.05) is 18.2 Å². The minimum absolute atomic E-state index is 0.0215. The normalized spacial score (nSPS) is 25.1. The van der Waals surface area contributed by atoms with Crippen LogP contribution in [0.2, 0.25) is 0 Å². The van der Waals surface area contributed by atoms with E-state index in [0.717, 1.165) is 30.8 Å². The lowest BCUT2D eigenvalue weighted by atomic mass is 9.94. The molecular formula is C15H20N2O3. The molecule has 1 fully saturated rings.